The number of nitrogens with zero attached hydrogens (tertiary/aromatic N) is 5. The lowest BCUT2D eigenvalue weighted by atomic mass is 10.0. The number of sulfonamides is 1. The van der Waals surface area contributed by atoms with E-state index in [9.17, 15) is 13.2 Å². The van der Waals surface area contributed by atoms with Crippen LogP contribution in [0.5, 0.6) is 0 Å². The number of carbonyl (C=O) groups is 1. The van der Waals surface area contributed by atoms with Crippen molar-refractivity contribution in [1.29, 1.82) is 5.26 Å². The standard InChI is InChI=1S/C22H22N6O4S2/c1-34(30,31)28-8-4-14(5-9-28)15-2-3-16-17(10-15)33-21(24-16)12-20-27-26-19(32-20)11-18(29)25-22(13-23)6-7-22/h2-4,10H,5-9,11-12H2,1H3,(H,25,29). The van der Waals surface area contributed by atoms with E-state index in [1.165, 1.54) is 21.9 Å². The van der Waals surface area contributed by atoms with Crippen molar-refractivity contribution >= 4 is 43.1 Å². The van der Waals surface area contributed by atoms with Crippen LogP contribution in [0.1, 0.15) is 41.6 Å². The Morgan fingerprint density at radius 2 is 2.12 bits per heavy atom. The van der Waals surface area contributed by atoms with Crippen LogP contribution >= 0.6 is 11.3 Å². The van der Waals surface area contributed by atoms with Gasteiger partial charge in [0, 0.05) is 13.1 Å². The number of benzene rings is 1. The maximum absolute atomic E-state index is 12.1. The Morgan fingerprint density at radius 1 is 1.32 bits per heavy atom. The first-order valence-electron chi connectivity index (χ1n) is 10.8. The Labute approximate surface area is 200 Å². The second-order valence-electron chi connectivity index (χ2n) is 8.58. The van der Waals surface area contributed by atoms with E-state index in [0.29, 0.717) is 44.7 Å². The number of fused-ring (bicyclic) bond motifs is 1. The Morgan fingerprint density at radius 3 is 2.79 bits per heavy atom. The number of aromatic nitrogens is 3. The van der Waals surface area contributed by atoms with Crippen LogP contribution in [0.3, 0.4) is 0 Å². The van der Waals surface area contributed by atoms with Crippen LogP contribution in [-0.4, -0.2) is 58.7 Å². The highest BCUT2D eigenvalue weighted by atomic mass is 32.2. The Bertz CT molecular complexity index is 1450. The first kappa shape index (κ1) is 22.6. The van der Waals surface area contributed by atoms with Gasteiger partial charge < -0.3 is 9.73 Å². The first-order valence-corrected chi connectivity index (χ1v) is 13.5. The summed E-state index contributed by atoms with van der Waals surface area (Å²) in [5.41, 5.74) is 2.33. The molecule has 1 aliphatic carbocycles. The molecule has 34 heavy (non-hydrogen) atoms. The van der Waals surface area contributed by atoms with Gasteiger partial charge in [0.25, 0.3) is 0 Å². The zero-order valence-corrected chi connectivity index (χ0v) is 20.1. The molecule has 1 saturated carbocycles. The summed E-state index contributed by atoms with van der Waals surface area (Å²) in [7, 11) is -3.18. The van der Waals surface area contributed by atoms with E-state index in [2.05, 4.69) is 32.6 Å². The number of carbonyl (C=O) groups excluding carboxylic acids is 1. The normalized spacial score (nSPS) is 17.8. The summed E-state index contributed by atoms with van der Waals surface area (Å²) in [5, 5.41) is 20.6. The molecule has 12 heteroatoms. The molecule has 10 nitrogen and oxygen atoms in total. The molecule has 0 unspecified atom stereocenters. The molecule has 176 valence electrons. The molecule has 1 aliphatic heterocycles. The fourth-order valence-electron chi connectivity index (χ4n) is 3.86. The number of nitriles is 1. The average molecular weight is 499 g/mol. The highest BCUT2D eigenvalue weighted by Crippen LogP contribution is 2.34. The van der Waals surface area contributed by atoms with Gasteiger partial charge in [-0.3, -0.25) is 4.79 Å². The molecule has 2 aromatic heterocycles. The highest BCUT2D eigenvalue weighted by Gasteiger charge is 2.44. The van der Waals surface area contributed by atoms with Gasteiger partial charge in [-0.25, -0.2) is 13.4 Å². The Hall–Kier alpha value is -3.14. The van der Waals surface area contributed by atoms with E-state index in [0.717, 1.165) is 26.4 Å². The van der Waals surface area contributed by atoms with Crippen LogP contribution in [0.25, 0.3) is 15.8 Å². The summed E-state index contributed by atoms with van der Waals surface area (Å²) in [6.45, 7) is 0.862. The van der Waals surface area contributed by atoms with Crippen LogP contribution in [0, 0.1) is 11.3 Å². The smallest absolute Gasteiger partial charge is 0.230 e. The van der Waals surface area contributed by atoms with Crippen LogP contribution in [0.2, 0.25) is 0 Å². The highest BCUT2D eigenvalue weighted by molar-refractivity contribution is 7.88. The number of amides is 1. The zero-order valence-electron chi connectivity index (χ0n) is 18.4. The Kier molecular flexibility index (Phi) is 5.71. The lowest BCUT2D eigenvalue weighted by Gasteiger charge is -2.24. The third-order valence-corrected chi connectivity index (χ3v) is 8.20. The quantitative estimate of drug-likeness (QED) is 0.521. The van der Waals surface area contributed by atoms with Crippen LogP contribution in [0.15, 0.2) is 28.7 Å². The molecule has 1 aromatic carbocycles. The van der Waals surface area contributed by atoms with E-state index in [4.69, 9.17) is 9.68 Å². The lowest BCUT2D eigenvalue weighted by Crippen LogP contribution is -2.36. The molecule has 3 heterocycles. The van der Waals surface area contributed by atoms with Gasteiger partial charge in [-0.1, -0.05) is 12.1 Å². The number of hydrogen-bond donors (Lipinski definition) is 1. The zero-order chi connectivity index (χ0) is 23.9. The van der Waals surface area contributed by atoms with Crippen LogP contribution in [-0.2, 0) is 27.7 Å². The first-order chi connectivity index (χ1) is 16.2. The third-order valence-electron chi connectivity index (χ3n) is 5.91. The van der Waals surface area contributed by atoms with Gasteiger partial charge in [-0.05, 0) is 42.5 Å². The monoisotopic (exact) mass is 498 g/mol. The van der Waals surface area contributed by atoms with Crippen LogP contribution in [0.4, 0.5) is 0 Å². The van der Waals surface area contributed by atoms with Gasteiger partial charge in [0.15, 0.2) is 0 Å². The van der Waals surface area contributed by atoms with Gasteiger partial charge in [0.05, 0.1) is 29.0 Å². The maximum Gasteiger partial charge on any atom is 0.230 e. The van der Waals surface area contributed by atoms with Crippen molar-refractivity contribution in [2.75, 3.05) is 19.3 Å². The number of rotatable bonds is 7. The summed E-state index contributed by atoms with van der Waals surface area (Å²) in [4.78, 5) is 16.7. The third kappa shape index (κ3) is 4.86. The fourth-order valence-corrected chi connectivity index (χ4v) is 5.63. The molecule has 1 amide bonds. The van der Waals surface area contributed by atoms with Crippen molar-refractivity contribution in [3.05, 3.63) is 46.6 Å². The molecule has 1 fully saturated rings. The topological polar surface area (TPSA) is 142 Å². The average Bonchev–Trinajstić information content (AvgIpc) is 3.24. The predicted molar refractivity (Wildman–Crippen MR) is 125 cm³/mol. The van der Waals surface area contributed by atoms with Gasteiger partial charge in [-0.15, -0.1) is 21.5 Å². The molecular weight excluding hydrogens is 476 g/mol. The minimum absolute atomic E-state index is 0.0640. The molecule has 2 aliphatic rings. The molecule has 0 spiro atoms. The molecule has 0 atom stereocenters. The largest absolute Gasteiger partial charge is 0.424 e. The molecule has 3 aromatic rings. The van der Waals surface area contributed by atoms with E-state index in [-0.39, 0.29) is 18.2 Å². The summed E-state index contributed by atoms with van der Waals surface area (Å²) in [5.74, 6) is 0.273. The van der Waals surface area contributed by atoms with Crippen molar-refractivity contribution in [1.82, 2.24) is 24.8 Å². The minimum atomic E-state index is -3.18. The van der Waals surface area contributed by atoms with E-state index >= 15 is 0 Å². The van der Waals surface area contributed by atoms with Crippen molar-refractivity contribution < 1.29 is 17.6 Å². The second kappa shape index (κ2) is 8.57. The molecule has 1 N–H and O–H groups in total. The summed E-state index contributed by atoms with van der Waals surface area (Å²) < 4.78 is 31.5. The van der Waals surface area contributed by atoms with Gasteiger partial charge in [-0.2, -0.15) is 9.57 Å². The van der Waals surface area contributed by atoms with E-state index in [1.54, 1.807) is 0 Å². The molecule has 0 bridgehead atoms. The van der Waals surface area contributed by atoms with Gasteiger partial charge in [0.1, 0.15) is 17.0 Å². The molecule has 0 radical (unpaired) electrons. The predicted octanol–water partition coefficient (Wildman–Crippen LogP) is 2.03. The minimum Gasteiger partial charge on any atom is -0.424 e. The van der Waals surface area contributed by atoms with Crippen molar-refractivity contribution in [3.63, 3.8) is 0 Å². The van der Waals surface area contributed by atoms with Crippen LogP contribution < -0.4 is 5.32 Å². The van der Waals surface area contributed by atoms with Crippen molar-refractivity contribution in [3.8, 4) is 6.07 Å². The number of hydrogen-bond acceptors (Lipinski definition) is 9. The lowest BCUT2D eigenvalue weighted by molar-refractivity contribution is -0.121. The molecule has 5 rings (SSSR count). The number of nitrogens with one attached hydrogen (secondary N) is 1. The second-order valence-corrected chi connectivity index (χ2v) is 11.7. The number of thiazole rings is 1. The van der Waals surface area contributed by atoms with E-state index in [1.807, 2.05) is 18.2 Å². The summed E-state index contributed by atoms with van der Waals surface area (Å²) >= 11 is 1.53. The maximum atomic E-state index is 12.1. The summed E-state index contributed by atoms with van der Waals surface area (Å²) in [6, 6.07) is 8.16. The molecular formula is C22H22N6O4S2. The molecule has 0 saturated heterocycles. The van der Waals surface area contributed by atoms with Gasteiger partial charge >= 0.3 is 0 Å². The summed E-state index contributed by atoms with van der Waals surface area (Å²) in [6.07, 6.45) is 5.49. The Balaban J connectivity index is 1.25. The van der Waals surface area contributed by atoms with Crippen molar-refractivity contribution in [2.24, 2.45) is 0 Å². The van der Waals surface area contributed by atoms with Crippen molar-refractivity contribution in [2.45, 2.75) is 37.6 Å². The SMILES string of the molecule is CS(=O)(=O)N1CC=C(c2ccc3nc(Cc4nnc(CC(=O)NC5(C#N)CC5)o4)sc3c2)CC1. The van der Waals surface area contributed by atoms with Gasteiger partial charge in [0.2, 0.25) is 27.7 Å². The fraction of sp³-hybridized carbons (Fsp3) is 0.409. The van der Waals surface area contributed by atoms with E-state index < -0.39 is 15.6 Å².